The van der Waals surface area contributed by atoms with E-state index in [0.29, 0.717) is 54.6 Å². The molecule has 148 valence electrons. The molecule has 0 unspecified atom stereocenters. The second-order valence-electron chi connectivity index (χ2n) is 6.42. The van der Waals surface area contributed by atoms with E-state index in [1.165, 1.54) is 0 Å². The van der Waals surface area contributed by atoms with Gasteiger partial charge in [0.05, 0.1) is 21.3 Å². The third kappa shape index (κ3) is 4.19. The number of ether oxygens (including phenoxy) is 3. The number of carbonyl (C=O) groups is 2. The Hall–Kier alpha value is -3.22. The smallest absolute Gasteiger partial charge is 0.254 e. The van der Waals surface area contributed by atoms with E-state index in [0.717, 1.165) is 0 Å². The van der Waals surface area contributed by atoms with Crippen molar-refractivity contribution in [3.05, 3.63) is 53.6 Å². The third-order valence-electron chi connectivity index (χ3n) is 4.77. The van der Waals surface area contributed by atoms with Gasteiger partial charge in [-0.25, -0.2) is 0 Å². The van der Waals surface area contributed by atoms with E-state index in [2.05, 4.69) is 0 Å². The zero-order valence-electron chi connectivity index (χ0n) is 16.3. The van der Waals surface area contributed by atoms with Gasteiger partial charge in [-0.2, -0.15) is 0 Å². The normalized spacial score (nSPS) is 13.8. The molecule has 7 heteroatoms. The maximum Gasteiger partial charge on any atom is 0.254 e. The molecule has 0 aromatic heterocycles. The standard InChI is InChI=1S/C21H24N2O5/c1-26-17-6-4-5-15(11-17)20(24)22-7-9-23(10-8-22)21(25)16-12-18(27-2)14-19(13-16)28-3/h4-6,11-14H,7-10H2,1-3H3. The quantitative estimate of drug-likeness (QED) is 0.791. The van der Waals surface area contributed by atoms with Crippen molar-refractivity contribution in [3.8, 4) is 17.2 Å². The predicted octanol–water partition coefficient (Wildman–Crippen LogP) is 2.31. The van der Waals surface area contributed by atoms with Crippen LogP contribution in [0.1, 0.15) is 20.7 Å². The molecule has 1 saturated heterocycles. The molecule has 1 heterocycles. The topological polar surface area (TPSA) is 68.3 Å². The highest BCUT2D eigenvalue weighted by Gasteiger charge is 2.26. The minimum absolute atomic E-state index is 0.0611. The van der Waals surface area contributed by atoms with E-state index in [-0.39, 0.29) is 11.8 Å². The molecule has 0 spiro atoms. The van der Waals surface area contributed by atoms with Gasteiger partial charge in [-0.15, -0.1) is 0 Å². The summed E-state index contributed by atoms with van der Waals surface area (Å²) in [6, 6.07) is 12.2. The molecule has 1 aliphatic heterocycles. The van der Waals surface area contributed by atoms with Crippen LogP contribution in [0.2, 0.25) is 0 Å². The summed E-state index contributed by atoms with van der Waals surface area (Å²) in [6.45, 7) is 1.88. The molecule has 0 atom stereocenters. The van der Waals surface area contributed by atoms with Crippen molar-refractivity contribution in [1.82, 2.24) is 9.80 Å². The van der Waals surface area contributed by atoms with Crippen molar-refractivity contribution >= 4 is 11.8 Å². The lowest BCUT2D eigenvalue weighted by atomic mass is 10.1. The van der Waals surface area contributed by atoms with Crippen LogP contribution in [0, 0.1) is 0 Å². The molecule has 1 aliphatic rings. The molecule has 28 heavy (non-hydrogen) atoms. The Kier molecular flexibility index (Phi) is 6.03. The van der Waals surface area contributed by atoms with Gasteiger partial charge in [0, 0.05) is 43.4 Å². The number of rotatable bonds is 5. The number of benzene rings is 2. The molecule has 7 nitrogen and oxygen atoms in total. The first-order chi connectivity index (χ1) is 13.5. The van der Waals surface area contributed by atoms with Gasteiger partial charge in [0.15, 0.2) is 0 Å². The first-order valence-corrected chi connectivity index (χ1v) is 9.01. The van der Waals surface area contributed by atoms with Crippen LogP contribution in [0.3, 0.4) is 0 Å². The van der Waals surface area contributed by atoms with Crippen LogP contribution in [-0.2, 0) is 0 Å². The average Bonchev–Trinajstić information content (AvgIpc) is 2.77. The van der Waals surface area contributed by atoms with Crippen molar-refractivity contribution < 1.29 is 23.8 Å². The number of piperazine rings is 1. The van der Waals surface area contributed by atoms with Gasteiger partial charge >= 0.3 is 0 Å². The lowest BCUT2D eigenvalue weighted by molar-refractivity contribution is 0.0535. The number of methoxy groups -OCH3 is 3. The number of amides is 2. The first-order valence-electron chi connectivity index (χ1n) is 9.01. The summed E-state index contributed by atoms with van der Waals surface area (Å²) in [7, 11) is 4.67. The van der Waals surface area contributed by atoms with Crippen LogP contribution < -0.4 is 14.2 Å². The van der Waals surface area contributed by atoms with Gasteiger partial charge in [-0.3, -0.25) is 9.59 Å². The molecular weight excluding hydrogens is 360 g/mol. The number of carbonyl (C=O) groups excluding carboxylic acids is 2. The van der Waals surface area contributed by atoms with Crippen molar-refractivity contribution in [2.75, 3.05) is 47.5 Å². The number of hydrogen-bond donors (Lipinski definition) is 0. The zero-order valence-corrected chi connectivity index (χ0v) is 16.3. The van der Waals surface area contributed by atoms with Crippen molar-refractivity contribution in [1.29, 1.82) is 0 Å². The van der Waals surface area contributed by atoms with Gasteiger partial charge in [-0.1, -0.05) is 6.07 Å². The van der Waals surface area contributed by atoms with E-state index >= 15 is 0 Å². The fourth-order valence-corrected chi connectivity index (χ4v) is 3.16. The molecule has 0 bridgehead atoms. The monoisotopic (exact) mass is 384 g/mol. The maximum atomic E-state index is 12.9. The molecule has 0 saturated carbocycles. The molecule has 0 N–H and O–H groups in total. The van der Waals surface area contributed by atoms with E-state index in [9.17, 15) is 9.59 Å². The van der Waals surface area contributed by atoms with Crippen LogP contribution in [-0.4, -0.2) is 69.1 Å². The maximum absolute atomic E-state index is 12.9. The average molecular weight is 384 g/mol. The van der Waals surface area contributed by atoms with Crippen LogP contribution in [0.15, 0.2) is 42.5 Å². The minimum Gasteiger partial charge on any atom is -0.497 e. The van der Waals surface area contributed by atoms with E-state index in [1.807, 2.05) is 0 Å². The van der Waals surface area contributed by atoms with Gasteiger partial charge in [-0.05, 0) is 30.3 Å². The molecule has 3 rings (SSSR count). The molecule has 2 amide bonds. The Balaban J connectivity index is 1.66. The predicted molar refractivity (Wildman–Crippen MR) is 104 cm³/mol. The largest absolute Gasteiger partial charge is 0.497 e. The molecule has 1 fully saturated rings. The Bertz CT molecular complexity index is 837. The fourth-order valence-electron chi connectivity index (χ4n) is 3.16. The first kappa shape index (κ1) is 19.5. The van der Waals surface area contributed by atoms with Crippen molar-refractivity contribution in [2.45, 2.75) is 0 Å². The van der Waals surface area contributed by atoms with Gasteiger partial charge in [0.1, 0.15) is 17.2 Å². The number of nitrogens with zero attached hydrogens (tertiary/aromatic N) is 2. The Morgan fingerprint density at radius 2 is 1.14 bits per heavy atom. The molecule has 2 aromatic rings. The highest BCUT2D eigenvalue weighted by molar-refractivity contribution is 5.96. The van der Waals surface area contributed by atoms with E-state index in [4.69, 9.17) is 14.2 Å². The fraction of sp³-hybridized carbons (Fsp3) is 0.333. The summed E-state index contributed by atoms with van der Waals surface area (Å²) in [4.78, 5) is 29.1. The zero-order chi connectivity index (χ0) is 20.1. The highest BCUT2D eigenvalue weighted by Crippen LogP contribution is 2.24. The lowest BCUT2D eigenvalue weighted by Gasteiger charge is -2.35. The summed E-state index contributed by atoms with van der Waals surface area (Å²) in [5, 5.41) is 0. The molecule has 2 aromatic carbocycles. The third-order valence-corrected chi connectivity index (χ3v) is 4.77. The van der Waals surface area contributed by atoms with Crippen LogP contribution in [0.4, 0.5) is 0 Å². The molecule has 0 radical (unpaired) electrons. The van der Waals surface area contributed by atoms with E-state index in [1.54, 1.807) is 73.6 Å². The SMILES string of the molecule is COc1cccc(C(=O)N2CCN(C(=O)c3cc(OC)cc(OC)c3)CC2)c1. The number of hydrogen-bond acceptors (Lipinski definition) is 5. The second-order valence-corrected chi connectivity index (χ2v) is 6.42. The molecular formula is C21H24N2O5. The van der Waals surface area contributed by atoms with Gasteiger partial charge in [0.25, 0.3) is 11.8 Å². The Morgan fingerprint density at radius 3 is 1.64 bits per heavy atom. The summed E-state index contributed by atoms with van der Waals surface area (Å²) < 4.78 is 15.7. The summed E-state index contributed by atoms with van der Waals surface area (Å²) in [5.41, 5.74) is 1.08. The second kappa shape index (κ2) is 8.65. The highest BCUT2D eigenvalue weighted by atomic mass is 16.5. The van der Waals surface area contributed by atoms with Gasteiger partial charge in [0.2, 0.25) is 0 Å². The lowest BCUT2D eigenvalue weighted by Crippen LogP contribution is -2.50. The van der Waals surface area contributed by atoms with Gasteiger partial charge < -0.3 is 24.0 Å². The Labute approximate surface area is 164 Å². The summed E-state index contributed by atoms with van der Waals surface area (Å²) >= 11 is 0. The van der Waals surface area contributed by atoms with Crippen LogP contribution in [0.25, 0.3) is 0 Å². The van der Waals surface area contributed by atoms with Crippen molar-refractivity contribution in [2.24, 2.45) is 0 Å². The Morgan fingerprint density at radius 1 is 0.679 bits per heavy atom. The molecule has 0 aliphatic carbocycles. The summed E-state index contributed by atoms with van der Waals surface area (Å²) in [6.07, 6.45) is 0. The van der Waals surface area contributed by atoms with Crippen LogP contribution >= 0.6 is 0 Å². The van der Waals surface area contributed by atoms with Crippen molar-refractivity contribution in [3.63, 3.8) is 0 Å². The van der Waals surface area contributed by atoms with Crippen LogP contribution in [0.5, 0.6) is 17.2 Å². The summed E-state index contributed by atoms with van der Waals surface area (Å²) in [5.74, 6) is 1.61. The minimum atomic E-state index is -0.106. The van der Waals surface area contributed by atoms with E-state index < -0.39 is 0 Å².